The van der Waals surface area contributed by atoms with Gasteiger partial charge in [0, 0.05) is 38.0 Å². The molecule has 0 amide bonds. The van der Waals surface area contributed by atoms with Gasteiger partial charge in [0.1, 0.15) is 17.7 Å². The van der Waals surface area contributed by atoms with Gasteiger partial charge in [-0.05, 0) is 62.1 Å². The van der Waals surface area contributed by atoms with E-state index in [1.165, 1.54) is 25.7 Å². The summed E-state index contributed by atoms with van der Waals surface area (Å²) in [5.41, 5.74) is 1.22. The van der Waals surface area contributed by atoms with Gasteiger partial charge in [-0.3, -0.25) is 9.36 Å². The minimum Gasteiger partial charge on any atom is -0.490 e. The van der Waals surface area contributed by atoms with Crippen molar-refractivity contribution in [1.82, 2.24) is 19.4 Å². The van der Waals surface area contributed by atoms with E-state index in [-0.39, 0.29) is 11.7 Å². The van der Waals surface area contributed by atoms with Crippen molar-refractivity contribution in [3.05, 3.63) is 52.9 Å². The van der Waals surface area contributed by atoms with Crippen LogP contribution in [0.5, 0.6) is 5.75 Å². The van der Waals surface area contributed by atoms with Gasteiger partial charge in [-0.1, -0.05) is 12.8 Å². The average molecular weight is 449 g/mol. The molecule has 7 heteroatoms. The summed E-state index contributed by atoms with van der Waals surface area (Å²) in [7, 11) is 1.63. The molecule has 1 saturated heterocycles. The van der Waals surface area contributed by atoms with Crippen molar-refractivity contribution < 1.29 is 9.47 Å². The number of hydrogen-bond acceptors (Lipinski definition) is 6. The predicted octanol–water partition coefficient (Wildman–Crippen LogP) is 3.89. The number of methoxy groups -OCH3 is 1. The van der Waals surface area contributed by atoms with Crippen LogP contribution >= 0.6 is 0 Å². The third-order valence-corrected chi connectivity index (χ3v) is 6.98. The first-order valence-electron chi connectivity index (χ1n) is 12.1. The summed E-state index contributed by atoms with van der Waals surface area (Å²) in [4.78, 5) is 24.7. The maximum atomic E-state index is 13.1. The van der Waals surface area contributed by atoms with Crippen LogP contribution in [0.15, 0.2) is 47.4 Å². The van der Waals surface area contributed by atoms with Gasteiger partial charge in [-0.25, -0.2) is 9.97 Å². The molecule has 33 heavy (non-hydrogen) atoms. The fraction of sp³-hybridized carbons (Fsp3) is 0.500. The van der Waals surface area contributed by atoms with Gasteiger partial charge in [0.05, 0.1) is 18.5 Å². The van der Waals surface area contributed by atoms with Crippen molar-refractivity contribution in [1.29, 1.82) is 0 Å². The lowest BCUT2D eigenvalue weighted by Crippen LogP contribution is -2.43. The molecule has 1 saturated carbocycles. The number of pyridine rings is 1. The highest BCUT2D eigenvalue weighted by Gasteiger charge is 2.27. The van der Waals surface area contributed by atoms with E-state index in [0.717, 1.165) is 43.3 Å². The van der Waals surface area contributed by atoms with E-state index in [2.05, 4.69) is 9.88 Å². The Morgan fingerprint density at radius 3 is 2.52 bits per heavy atom. The fourth-order valence-electron chi connectivity index (χ4n) is 5.17. The van der Waals surface area contributed by atoms with Crippen molar-refractivity contribution >= 4 is 11.0 Å². The number of fused-ring (bicyclic) bond motifs is 1. The molecule has 174 valence electrons. The molecule has 1 aliphatic heterocycles. The first-order valence-corrected chi connectivity index (χ1v) is 12.1. The van der Waals surface area contributed by atoms with Gasteiger partial charge in [0.25, 0.3) is 5.56 Å². The van der Waals surface area contributed by atoms with Crippen LogP contribution in [-0.2, 0) is 11.3 Å². The van der Waals surface area contributed by atoms with Crippen LogP contribution in [0.4, 0.5) is 0 Å². The number of aromatic nitrogens is 3. The van der Waals surface area contributed by atoms with E-state index in [1.54, 1.807) is 30.0 Å². The molecule has 1 aliphatic carbocycles. The topological polar surface area (TPSA) is 69.5 Å². The molecule has 0 bridgehead atoms. The normalized spacial score (nSPS) is 18.2. The minimum absolute atomic E-state index is 0.102. The largest absolute Gasteiger partial charge is 0.490 e. The molecule has 0 N–H and O–H groups in total. The van der Waals surface area contributed by atoms with E-state index in [4.69, 9.17) is 14.5 Å². The minimum atomic E-state index is -0.102. The number of nitrogens with zero attached hydrogens (tertiary/aromatic N) is 4. The molecule has 5 rings (SSSR count). The maximum absolute atomic E-state index is 13.1. The number of likely N-dealkylation sites (tertiary alicyclic amines) is 1. The predicted molar refractivity (Wildman–Crippen MR) is 129 cm³/mol. The molecule has 7 nitrogen and oxygen atoms in total. The fourth-order valence-corrected chi connectivity index (χ4v) is 5.17. The summed E-state index contributed by atoms with van der Waals surface area (Å²) >= 11 is 0. The molecule has 2 aromatic heterocycles. The molecule has 0 spiro atoms. The zero-order chi connectivity index (χ0) is 22.6. The smallest absolute Gasteiger partial charge is 0.263 e. The monoisotopic (exact) mass is 448 g/mol. The summed E-state index contributed by atoms with van der Waals surface area (Å²) in [6, 6.07) is 12.2. The van der Waals surface area contributed by atoms with Gasteiger partial charge in [-0.15, -0.1) is 0 Å². The van der Waals surface area contributed by atoms with E-state index in [0.29, 0.717) is 30.0 Å². The Hall–Kier alpha value is -2.77. The van der Waals surface area contributed by atoms with E-state index < -0.39 is 0 Å². The van der Waals surface area contributed by atoms with E-state index in [9.17, 15) is 4.79 Å². The van der Waals surface area contributed by atoms with Crippen molar-refractivity contribution in [2.24, 2.45) is 0 Å². The third-order valence-electron chi connectivity index (χ3n) is 6.98. The van der Waals surface area contributed by atoms with Crippen molar-refractivity contribution in [3.8, 4) is 17.1 Å². The lowest BCUT2D eigenvalue weighted by atomic mass is 10.0. The van der Waals surface area contributed by atoms with Gasteiger partial charge < -0.3 is 14.4 Å². The molecule has 0 unspecified atom stereocenters. The van der Waals surface area contributed by atoms with Gasteiger partial charge in [0.15, 0.2) is 5.65 Å². The lowest BCUT2D eigenvalue weighted by molar-refractivity contribution is 0.0768. The lowest BCUT2D eigenvalue weighted by Gasteiger charge is -2.36. The molecule has 1 aromatic carbocycles. The number of hydrogen-bond donors (Lipinski definition) is 0. The molecular formula is C26H32N4O3. The van der Waals surface area contributed by atoms with Crippen LogP contribution in [0.3, 0.4) is 0 Å². The molecule has 2 fully saturated rings. The molecule has 2 aliphatic rings. The second-order valence-corrected chi connectivity index (χ2v) is 9.08. The Morgan fingerprint density at radius 2 is 1.79 bits per heavy atom. The Labute approximate surface area is 194 Å². The molecule has 3 aromatic rings. The Morgan fingerprint density at radius 1 is 1.03 bits per heavy atom. The number of benzene rings is 1. The summed E-state index contributed by atoms with van der Waals surface area (Å²) in [6.45, 7) is 3.13. The highest BCUT2D eigenvalue weighted by molar-refractivity contribution is 5.75. The van der Waals surface area contributed by atoms with Crippen molar-refractivity contribution in [2.75, 3.05) is 26.8 Å². The highest BCUT2D eigenvalue weighted by Crippen LogP contribution is 2.28. The number of rotatable bonds is 7. The first kappa shape index (κ1) is 22.0. The molecule has 0 atom stereocenters. The summed E-state index contributed by atoms with van der Waals surface area (Å²) < 4.78 is 13.2. The van der Waals surface area contributed by atoms with Gasteiger partial charge in [0.2, 0.25) is 0 Å². The standard InChI is InChI=1S/C26H32N4O3/c1-32-18-17-30-25(28-24-23(26(30)31)7-4-14-27-24)19-8-10-21(11-9-19)33-22-12-15-29(16-13-22)20-5-2-3-6-20/h4,7-11,14,20,22H,2-3,5-6,12-13,15-18H2,1H3. The number of piperidine rings is 1. The second-order valence-electron chi connectivity index (χ2n) is 9.08. The molecular weight excluding hydrogens is 416 g/mol. The molecule has 3 heterocycles. The quantitative estimate of drug-likeness (QED) is 0.546. The third kappa shape index (κ3) is 4.80. The Bertz CT molecular complexity index is 1130. The highest BCUT2D eigenvalue weighted by atomic mass is 16.5. The Balaban J connectivity index is 1.31. The Kier molecular flexibility index (Phi) is 6.69. The zero-order valence-corrected chi connectivity index (χ0v) is 19.3. The zero-order valence-electron chi connectivity index (χ0n) is 19.3. The second kappa shape index (κ2) is 10.0. The maximum Gasteiger partial charge on any atom is 0.263 e. The van der Waals surface area contributed by atoms with Gasteiger partial charge in [-0.2, -0.15) is 0 Å². The average Bonchev–Trinajstić information content (AvgIpc) is 3.40. The van der Waals surface area contributed by atoms with Crippen LogP contribution in [0.25, 0.3) is 22.4 Å². The first-order chi connectivity index (χ1) is 16.2. The van der Waals surface area contributed by atoms with Crippen LogP contribution in [0.2, 0.25) is 0 Å². The number of ether oxygens (including phenoxy) is 2. The van der Waals surface area contributed by atoms with Crippen LogP contribution in [0, 0.1) is 0 Å². The summed E-state index contributed by atoms with van der Waals surface area (Å²) in [5, 5.41) is 0.515. The van der Waals surface area contributed by atoms with Crippen LogP contribution in [-0.4, -0.2) is 58.4 Å². The SMILES string of the molecule is COCCn1c(-c2ccc(OC3CCN(C4CCCC4)CC3)cc2)nc2ncccc2c1=O. The van der Waals surface area contributed by atoms with Gasteiger partial charge >= 0.3 is 0 Å². The summed E-state index contributed by atoms with van der Waals surface area (Å²) in [5.74, 6) is 1.46. The van der Waals surface area contributed by atoms with E-state index in [1.807, 2.05) is 24.3 Å². The molecule has 0 radical (unpaired) electrons. The van der Waals surface area contributed by atoms with E-state index >= 15 is 0 Å². The van der Waals surface area contributed by atoms with Crippen LogP contribution < -0.4 is 10.3 Å². The van der Waals surface area contributed by atoms with Crippen molar-refractivity contribution in [2.45, 2.75) is 57.2 Å². The summed E-state index contributed by atoms with van der Waals surface area (Å²) in [6.07, 6.45) is 9.56. The van der Waals surface area contributed by atoms with Crippen molar-refractivity contribution in [3.63, 3.8) is 0 Å². The van der Waals surface area contributed by atoms with Crippen LogP contribution in [0.1, 0.15) is 38.5 Å².